The molecular weight excluding hydrogens is 228 g/mol. The molecule has 1 heterocycles. The number of aryl methyl sites for hydroxylation is 2. The van der Waals surface area contributed by atoms with Gasteiger partial charge in [-0.2, -0.15) is 5.10 Å². The fourth-order valence-corrected chi connectivity index (χ4v) is 1.93. The number of carbonyl (C=O) groups excluding carboxylic acids is 1. The van der Waals surface area contributed by atoms with Crippen LogP contribution in [0, 0.1) is 0 Å². The predicted molar refractivity (Wildman–Crippen MR) is 72.0 cm³/mol. The van der Waals surface area contributed by atoms with Gasteiger partial charge in [0.2, 0.25) is 5.91 Å². The summed E-state index contributed by atoms with van der Waals surface area (Å²) >= 11 is 0. The van der Waals surface area contributed by atoms with Crippen molar-refractivity contribution in [2.75, 3.05) is 6.54 Å². The summed E-state index contributed by atoms with van der Waals surface area (Å²) in [6, 6.07) is 0. The van der Waals surface area contributed by atoms with E-state index in [2.05, 4.69) is 10.4 Å². The summed E-state index contributed by atoms with van der Waals surface area (Å²) in [6.07, 6.45) is 7.29. The number of hydrogen-bond donors (Lipinski definition) is 2. The Labute approximate surface area is 109 Å². The van der Waals surface area contributed by atoms with Crippen molar-refractivity contribution in [3.05, 3.63) is 18.0 Å². The van der Waals surface area contributed by atoms with Crippen molar-refractivity contribution in [3.63, 3.8) is 0 Å². The maximum atomic E-state index is 11.8. The predicted octanol–water partition coefficient (Wildman–Crippen LogP) is 0.986. The lowest BCUT2D eigenvalue weighted by Gasteiger charge is -2.22. The van der Waals surface area contributed by atoms with Crippen molar-refractivity contribution in [2.24, 2.45) is 12.8 Å². The Morgan fingerprint density at radius 3 is 2.89 bits per heavy atom. The van der Waals surface area contributed by atoms with E-state index in [0.29, 0.717) is 13.0 Å². The van der Waals surface area contributed by atoms with Crippen molar-refractivity contribution in [2.45, 2.75) is 45.1 Å². The second-order valence-corrected chi connectivity index (χ2v) is 5.05. The molecule has 0 aliphatic rings. The molecule has 1 aromatic rings. The summed E-state index contributed by atoms with van der Waals surface area (Å²) in [6.45, 7) is 4.47. The Balaban J connectivity index is 2.23. The molecule has 1 rings (SSSR count). The van der Waals surface area contributed by atoms with Gasteiger partial charge in [-0.1, -0.05) is 13.3 Å². The van der Waals surface area contributed by atoms with E-state index in [-0.39, 0.29) is 5.91 Å². The Morgan fingerprint density at radius 1 is 1.61 bits per heavy atom. The van der Waals surface area contributed by atoms with Crippen LogP contribution in [0.3, 0.4) is 0 Å². The van der Waals surface area contributed by atoms with E-state index in [1.165, 1.54) is 5.56 Å². The molecular formula is C13H24N4O. The van der Waals surface area contributed by atoms with E-state index in [0.717, 1.165) is 19.3 Å². The lowest BCUT2D eigenvalue weighted by molar-refractivity contribution is -0.126. The number of rotatable bonds is 7. The minimum atomic E-state index is -0.747. The third-order valence-electron chi connectivity index (χ3n) is 2.97. The van der Waals surface area contributed by atoms with Crippen LogP contribution in [0.15, 0.2) is 12.4 Å². The Bertz CT molecular complexity index is 384. The van der Waals surface area contributed by atoms with Crippen LogP contribution < -0.4 is 11.1 Å². The minimum absolute atomic E-state index is 0.0597. The first-order valence-electron chi connectivity index (χ1n) is 6.50. The molecule has 18 heavy (non-hydrogen) atoms. The van der Waals surface area contributed by atoms with Gasteiger partial charge in [0, 0.05) is 19.8 Å². The highest BCUT2D eigenvalue weighted by Gasteiger charge is 2.26. The standard InChI is InChI=1S/C13H24N4O/c1-4-7-13(2,14)12(18)15-8-5-6-11-9-16-17(3)10-11/h9-10H,4-8,14H2,1-3H3,(H,15,18). The molecule has 1 amide bonds. The summed E-state index contributed by atoms with van der Waals surface area (Å²) in [5.74, 6) is -0.0597. The van der Waals surface area contributed by atoms with Crippen molar-refractivity contribution in [1.29, 1.82) is 0 Å². The van der Waals surface area contributed by atoms with Gasteiger partial charge in [-0.25, -0.2) is 0 Å². The highest BCUT2D eigenvalue weighted by molar-refractivity contribution is 5.85. The largest absolute Gasteiger partial charge is 0.355 e. The number of nitrogens with one attached hydrogen (secondary N) is 1. The molecule has 0 bridgehead atoms. The van der Waals surface area contributed by atoms with Gasteiger partial charge in [-0.05, 0) is 31.7 Å². The van der Waals surface area contributed by atoms with Crippen LogP contribution in [-0.2, 0) is 18.3 Å². The molecule has 0 saturated heterocycles. The quantitative estimate of drug-likeness (QED) is 0.711. The van der Waals surface area contributed by atoms with Gasteiger partial charge in [-0.3, -0.25) is 9.48 Å². The first-order valence-corrected chi connectivity index (χ1v) is 6.50. The molecule has 0 aliphatic carbocycles. The topological polar surface area (TPSA) is 72.9 Å². The summed E-state index contributed by atoms with van der Waals surface area (Å²) in [7, 11) is 1.90. The molecule has 1 aromatic heterocycles. The molecule has 1 atom stereocenters. The van der Waals surface area contributed by atoms with Gasteiger partial charge < -0.3 is 11.1 Å². The monoisotopic (exact) mass is 252 g/mol. The van der Waals surface area contributed by atoms with Crippen LogP contribution in [-0.4, -0.2) is 27.8 Å². The Kier molecular flexibility index (Phi) is 5.34. The second kappa shape index (κ2) is 6.54. The second-order valence-electron chi connectivity index (χ2n) is 5.05. The molecule has 102 valence electrons. The Morgan fingerprint density at radius 2 is 2.33 bits per heavy atom. The molecule has 1 unspecified atom stereocenters. The number of nitrogens with two attached hydrogens (primary N) is 1. The van der Waals surface area contributed by atoms with Crippen LogP contribution in [0.1, 0.15) is 38.7 Å². The zero-order chi connectivity index (χ0) is 13.6. The average molecular weight is 252 g/mol. The lowest BCUT2D eigenvalue weighted by atomic mass is 9.96. The van der Waals surface area contributed by atoms with Crippen molar-refractivity contribution >= 4 is 5.91 Å². The maximum absolute atomic E-state index is 11.8. The first-order chi connectivity index (χ1) is 8.45. The highest BCUT2D eigenvalue weighted by Crippen LogP contribution is 2.08. The van der Waals surface area contributed by atoms with Crippen LogP contribution in [0.2, 0.25) is 0 Å². The van der Waals surface area contributed by atoms with Gasteiger partial charge in [-0.15, -0.1) is 0 Å². The van der Waals surface area contributed by atoms with Crippen LogP contribution >= 0.6 is 0 Å². The summed E-state index contributed by atoms with van der Waals surface area (Å²) in [5, 5.41) is 7.00. The smallest absolute Gasteiger partial charge is 0.239 e. The van der Waals surface area contributed by atoms with Gasteiger partial charge in [0.05, 0.1) is 11.7 Å². The lowest BCUT2D eigenvalue weighted by Crippen LogP contribution is -2.51. The summed E-state index contributed by atoms with van der Waals surface area (Å²) < 4.78 is 1.78. The van der Waals surface area contributed by atoms with E-state index in [9.17, 15) is 4.79 Å². The van der Waals surface area contributed by atoms with E-state index < -0.39 is 5.54 Å². The molecule has 3 N–H and O–H groups in total. The summed E-state index contributed by atoms with van der Waals surface area (Å²) in [4.78, 5) is 11.8. The fraction of sp³-hybridized carbons (Fsp3) is 0.692. The van der Waals surface area contributed by atoms with Gasteiger partial charge >= 0.3 is 0 Å². The van der Waals surface area contributed by atoms with E-state index in [4.69, 9.17) is 5.73 Å². The zero-order valence-corrected chi connectivity index (χ0v) is 11.6. The van der Waals surface area contributed by atoms with Crippen LogP contribution in [0.5, 0.6) is 0 Å². The molecule has 0 aromatic carbocycles. The number of amides is 1. The molecule has 0 saturated carbocycles. The number of carbonyl (C=O) groups is 1. The molecule has 0 fully saturated rings. The number of hydrogen-bond acceptors (Lipinski definition) is 3. The minimum Gasteiger partial charge on any atom is -0.355 e. The Hall–Kier alpha value is -1.36. The van der Waals surface area contributed by atoms with Crippen molar-refractivity contribution in [3.8, 4) is 0 Å². The summed E-state index contributed by atoms with van der Waals surface area (Å²) in [5.41, 5.74) is 6.39. The van der Waals surface area contributed by atoms with Gasteiger partial charge in [0.1, 0.15) is 0 Å². The third-order valence-corrected chi connectivity index (χ3v) is 2.97. The molecule has 0 radical (unpaired) electrons. The van der Waals surface area contributed by atoms with Crippen molar-refractivity contribution in [1.82, 2.24) is 15.1 Å². The molecule has 5 nitrogen and oxygen atoms in total. The zero-order valence-electron chi connectivity index (χ0n) is 11.6. The maximum Gasteiger partial charge on any atom is 0.239 e. The fourth-order valence-electron chi connectivity index (χ4n) is 1.93. The van der Waals surface area contributed by atoms with Crippen molar-refractivity contribution < 1.29 is 4.79 Å². The first kappa shape index (κ1) is 14.7. The van der Waals surface area contributed by atoms with Gasteiger partial charge in [0.15, 0.2) is 0 Å². The number of nitrogens with zero attached hydrogens (tertiary/aromatic N) is 2. The molecule has 0 spiro atoms. The van der Waals surface area contributed by atoms with Crippen LogP contribution in [0.25, 0.3) is 0 Å². The number of aromatic nitrogens is 2. The van der Waals surface area contributed by atoms with Crippen LogP contribution in [0.4, 0.5) is 0 Å². The van der Waals surface area contributed by atoms with Gasteiger partial charge in [0.25, 0.3) is 0 Å². The normalized spacial score (nSPS) is 14.2. The molecule has 5 heteroatoms. The SMILES string of the molecule is CCCC(C)(N)C(=O)NCCCc1cnn(C)c1. The van der Waals surface area contributed by atoms with E-state index >= 15 is 0 Å². The van der Waals surface area contributed by atoms with E-state index in [1.54, 1.807) is 11.6 Å². The highest BCUT2D eigenvalue weighted by atomic mass is 16.2. The molecule has 0 aliphatic heterocycles. The third kappa shape index (κ3) is 4.49. The average Bonchev–Trinajstić information content (AvgIpc) is 2.70. The van der Waals surface area contributed by atoms with E-state index in [1.807, 2.05) is 26.4 Å².